The summed E-state index contributed by atoms with van der Waals surface area (Å²) in [6.07, 6.45) is -6.25. The molecule has 14 nitrogen and oxygen atoms in total. The van der Waals surface area contributed by atoms with Crippen molar-refractivity contribution in [3.05, 3.63) is 0 Å². The first-order valence-corrected chi connectivity index (χ1v) is 9.55. The third-order valence-electron chi connectivity index (χ3n) is 2.45. The summed E-state index contributed by atoms with van der Waals surface area (Å²) in [4.78, 5) is 0. The first-order chi connectivity index (χ1) is 10.2. The maximum atomic E-state index is 10.6. The molecule has 0 spiro atoms. The van der Waals surface area contributed by atoms with E-state index in [9.17, 15) is 44.0 Å². The van der Waals surface area contributed by atoms with E-state index in [4.69, 9.17) is 0 Å². The van der Waals surface area contributed by atoms with Gasteiger partial charge in [0, 0.05) is 6.42 Å². The van der Waals surface area contributed by atoms with Crippen LogP contribution in [0.15, 0.2) is 0 Å². The van der Waals surface area contributed by atoms with Gasteiger partial charge in [0.25, 0.3) is 0 Å². The second-order valence-electron chi connectivity index (χ2n) is 4.22. The van der Waals surface area contributed by atoms with Crippen molar-refractivity contribution in [3.8, 4) is 0 Å². The van der Waals surface area contributed by atoms with E-state index in [2.05, 4.69) is 13.1 Å². The fourth-order valence-electron chi connectivity index (χ4n) is 1.74. The van der Waals surface area contributed by atoms with Crippen molar-refractivity contribution in [2.75, 3.05) is 6.61 Å². The van der Waals surface area contributed by atoms with Crippen LogP contribution in [0.4, 0.5) is 0 Å². The summed E-state index contributed by atoms with van der Waals surface area (Å²) in [5.74, 6) is 0. The van der Waals surface area contributed by atoms with Gasteiger partial charge in [-0.05, 0) is 0 Å². The zero-order valence-corrected chi connectivity index (χ0v) is 22.2. The van der Waals surface area contributed by atoms with Gasteiger partial charge in [-0.25, -0.2) is 30.0 Å². The van der Waals surface area contributed by atoms with Crippen LogP contribution in [0.5, 0.6) is 0 Å². The maximum Gasteiger partial charge on any atom is 1.00 e. The van der Waals surface area contributed by atoms with Crippen molar-refractivity contribution in [3.63, 3.8) is 0 Å². The molecule has 0 aromatic rings. The summed E-state index contributed by atoms with van der Waals surface area (Å²) >= 11 is 0. The fraction of sp³-hybridized carbons (Fsp3) is 1.00. The number of hydrogen-bond donors (Lipinski definition) is 2. The van der Waals surface area contributed by atoms with Crippen LogP contribution in [0.1, 0.15) is 6.42 Å². The minimum Gasteiger partial charge on any atom is -0.735 e. The minimum absolute atomic E-state index is 0. The molecule has 0 aromatic carbocycles. The zero-order valence-electron chi connectivity index (χ0n) is 13.8. The third-order valence-corrected chi connectivity index (χ3v) is 3.92. The van der Waals surface area contributed by atoms with Crippen molar-refractivity contribution in [1.29, 1.82) is 0 Å². The molecule has 1 saturated heterocycles. The summed E-state index contributed by atoms with van der Waals surface area (Å²) in [5.41, 5.74) is 0. The fourth-order valence-corrected chi connectivity index (χ4v) is 3.17. The number of nitrogens with one attached hydrogen (secondary N) is 1. The van der Waals surface area contributed by atoms with E-state index in [1.807, 2.05) is 0 Å². The Balaban J connectivity index is -0.00000176. The van der Waals surface area contributed by atoms with Crippen LogP contribution < -0.4 is 93.4 Å². The normalized spacial score (nSPS) is 26.8. The van der Waals surface area contributed by atoms with Crippen LogP contribution in [0, 0.1) is 0 Å². The van der Waals surface area contributed by atoms with E-state index in [1.165, 1.54) is 4.72 Å². The van der Waals surface area contributed by atoms with Gasteiger partial charge >= 0.3 is 88.7 Å². The minimum atomic E-state index is -5.38. The third kappa shape index (κ3) is 14.5. The van der Waals surface area contributed by atoms with Crippen molar-refractivity contribution in [1.82, 2.24) is 4.72 Å². The van der Waals surface area contributed by atoms with Gasteiger partial charge in [0.2, 0.25) is 20.8 Å². The van der Waals surface area contributed by atoms with Crippen LogP contribution in [0.3, 0.4) is 0 Å². The maximum absolute atomic E-state index is 10.6. The smallest absolute Gasteiger partial charge is 0.735 e. The molecule has 138 valence electrons. The SMILES string of the molecule is O=S(=O)([O-])NC1C(O)OC(COS(=O)(=O)[O-])CC1OS(=O)(=O)[O-].[Na+].[Na+].[Na+]. The van der Waals surface area contributed by atoms with Crippen LogP contribution in [-0.2, 0) is 44.2 Å². The average Bonchev–Trinajstić information content (AvgIpc) is 2.27. The van der Waals surface area contributed by atoms with Gasteiger partial charge in [-0.2, -0.15) is 0 Å². The number of aliphatic hydroxyl groups is 1. The molecule has 1 heterocycles. The molecule has 0 aromatic heterocycles. The molecule has 0 bridgehead atoms. The molecule has 1 rings (SSSR count). The predicted octanol–water partition coefficient (Wildman–Crippen LogP) is -13.2. The summed E-state index contributed by atoms with van der Waals surface area (Å²) in [6.45, 7) is -0.974. The van der Waals surface area contributed by atoms with Crippen LogP contribution in [0.25, 0.3) is 0 Å². The van der Waals surface area contributed by atoms with Crippen LogP contribution >= 0.6 is 0 Å². The van der Waals surface area contributed by atoms with Crippen LogP contribution in [-0.4, -0.2) is 75.2 Å². The van der Waals surface area contributed by atoms with Gasteiger partial charge in [-0.1, -0.05) is 0 Å². The van der Waals surface area contributed by atoms with Crippen molar-refractivity contribution < 1.29 is 146 Å². The average molecular weight is 469 g/mol. The Labute approximate surface area is 216 Å². The van der Waals surface area contributed by atoms with Crippen molar-refractivity contribution >= 4 is 31.1 Å². The molecule has 20 heteroatoms. The van der Waals surface area contributed by atoms with Gasteiger partial charge in [0.05, 0.1) is 24.9 Å². The van der Waals surface area contributed by atoms with E-state index in [0.717, 1.165) is 0 Å². The molecule has 0 amide bonds. The molecular weight excluding hydrogens is 459 g/mol. The molecule has 1 fully saturated rings. The molecule has 4 unspecified atom stereocenters. The Morgan fingerprint density at radius 1 is 1.00 bits per heavy atom. The summed E-state index contributed by atoms with van der Waals surface area (Å²) in [7, 11) is -15.7. The van der Waals surface area contributed by atoms with Gasteiger partial charge in [0.1, 0.15) is 0 Å². The molecule has 2 N–H and O–H groups in total. The predicted molar refractivity (Wildman–Crippen MR) is 62.3 cm³/mol. The number of aliphatic hydroxyl groups excluding tert-OH is 1. The number of ether oxygens (including phenoxy) is 1. The molecule has 4 atom stereocenters. The van der Waals surface area contributed by atoms with E-state index in [-0.39, 0.29) is 88.7 Å². The quantitative estimate of drug-likeness (QED) is 0.200. The molecular formula is C6H10NNa3O13S3. The van der Waals surface area contributed by atoms with Gasteiger partial charge in [-0.15, -0.1) is 0 Å². The second kappa shape index (κ2) is 13.1. The number of rotatable bonds is 7. The van der Waals surface area contributed by atoms with Crippen molar-refractivity contribution in [2.24, 2.45) is 0 Å². The standard InChI is InChI=1S/C6H13NO13S3.3Na/c8-6-5(7-21(9,10)11)4(20-23(15,16)17)1-3(19-6)2-18-22(12,13)14;;;/h3-8H,1-2H2,(H,9,10,11)(H,12,13,14)(H,15,16,17);;;/q;3*+1/p-3. The summed E-state index contributed by atoms with van der Waals surface area (Å²) in [6, 6.07) is -1.97. The molecule has 1 aliphatic rings. The molecule has 0 aliphatic carbocycles. The molecule has 1 aliphatic heterocycles. The summed E-state index contributed by atoms with van der Waals surface area (Å²) in [5, 5.41) is 9.55. The second-order valence-corrected chi connectivity index (χ2v) is 7.42. The Kier molecular flexibility index (Phi) is 16.7. The molecule has 26 heavy (non-hydrogen) atoms. The van der Waals surface area contributed by atoms with Gasteiger partial charge in [0.15, 0.2) is 16.6 Å². The van der Waals surface area contributed by atoms with Gasteiger partial charge in [-0.3, -0.25) is 8.37 Å². The molecule has 0 radical (unpaired) electrons. The van der Waals surface area contributed by atoms with Crippen LogP contribution in [0.2, 0.25) is 0 Å². The summed E-state index contributed by atoms with van der Waals surface area (Å²) < 4.78 is 108. The Morgan fingerprint density at radius 2 is 1.50 bits per heavy atom. The number of hydrogen-bond acceptors (Lipinski definition) is 13. The first kappa shape index (κ1) is 33.2. The largest absolute Gasteiger partial charge is 1.00 e. The van der Waals surface area contributed by atoms with Gasteiger partial charge < -0.3 is 23.5 Å². The van der Waals surface area contributed by atoms with E-state index in [1.54, 1.807) is 0 Å². The Bertz CT molecular complexity index is 724. The topological polar surface area (TPSA) is 232 Å². The Hall–Kier alpha value is 2.53. The molecule has 0 saturated carbocycles. The van der Waals surface area contributed by atoms with Crippen molar-refractivity contribution in [2.45, 2.75) is 31.0 Å². The monoisotopic (exact) mass is 469 g/mol. The Morgan fingerprint density at radius 3 is 1.88 bits per heavy atom. The van der Waals surface area contributed by atoms with E-state index in [0.29, 0.717) is 0 Å². The van der Waals surface area contributed by atoms with E-state index >= 15 is 0 Å². The zero-order chi connectivity index (χ0) is 18.1. The first-order valence-electron chi connectivity index (χ1n) is 5.47. The van der Waals surface area contributed by atoms with E-state index < -0.39 is 68.7 Å².